The molecule has 1 aliphatic heterocycles. The summed E-state index contributed by atoms with van der Waals surface area (Å²) in [5.74, 6) is -3.04. The van der Waals surface area contributed by atoms with E-state index in [1.165, 1.54) is 45.2 Å². The molecular formula is C20H24FN3O7S2. The van der Waals surface area contributed by atoms with E-state index in [1.54, 1.807) is 0 Å². The molecule has 1 amide bonds. The fourth-order valence-corrected chi connectivity index (χ4v) is 5.59. The van der Waals surface area contributed by atoms with Gasteiger partial charge in [-0.1, -0.05) is 6.07 Å². The standard InChI is InChI=1S/C20H24FN3O7S2/c1-22(2)32(28,29)16-10-15(25)19(26)18-13(16)11-24(20(18)27)8-7-12-5-6-14(21)17(9-12)33(30,31)23(3)4/h5-6,9-10,25-26H,7-8,11H2,1-4H3. The first-order chi connectivity index (χ1) is 15.2. The van der Waals surface area contributed by atoms with E-state index in [-0.39, 0.29) is 35.5 Å². The largest absolute Gasteiger partial charge is 0.504 e. The molecule has 0 fully saturated rings. The molecule has 1 aliphatic rings. The number of aromatic hydroxyl groups is 2. The minimum Gasteiger partial charge on any atom is -0.504 e. The van der Waals surface area contributed by atoms with Gasteiger partial charge in [0.15, 0.2) is 11.5 Å². The molecule has 3 rings (SSSR count). The van der Waals surface area contributed by atoms with Crippen LogP contribution in [0, 0.1) is 5.82 Å². The summed E-state index contributed by atoms with van der Waals surface area (Å²) in [5, 5.41) is 20.2. The number of halogens is 1. The topological polar surface area (TPSA) is 136 Å². The fraction of sp³-hybridized carbons (Fsp3) is 0.350. The summed E-state index contributed by atoms with van der Waals surface area (Å²) in [5.41, 5.74) is 0.193. The lowest BCUT2D eigenvalue weighted by Gasteiger charge is -2.17. The molecule has 0 spiro atoms. The van der Waals surface area contributed by atoms with E-state index in [2.05, 4.69) is 0 Å². The van der Waals surface area contributed by atoms with Crippen molar-refractivity contribution in [3.05, 3.63) is 46.8 Å². The van der Waals surface area contributed by atoms with Gasteiger partial charge in [0.05, 0.1) is 10.5 Å². The van der Waals surface area contributed by atoms with E-state index in [1.807, 2.05) is 0 Å². The summed E-state index contributed by atoms with van der Waals surface area (Å²) in [6, 6.07) is 4.50. The SMILES string of the molecule is CN(C)S(=O)(=O)c1cc(CCN2Cc3c(S(=O)(=O)N(C)C)cc(O)c(O)c3C2=O)ccc1F. The van der Waals surface area contributed by atoms with Crippen molar-refractivity contribution in [2.24, 2.45) is 0 Å². The Morgan fingerprint density at radius 2 is 1.55 bits per heavy atom. The second kappa shape index (κ2) is 8.56. The summed E-state index contributed by atoms with van der Waals surface area (Å²) in [4.78, 5) is 13.4. The van der Waals surface area contributed by atoms with Crippen LogP contribution in [-0.2, 0) is 33.0 Å². The van der Waals surface area contributed by atoms with Crippen molar-refractivity contribution in [3.63, 3.8) is 0 Å². The number of benzene rings is 2. The molecule has 0 aromatic heterocycles. The van der Waals surface area contributed by atoms with Crippen LogP contribution in [0.1, 0.15) is 21.5 Å². The van der Waals surface area contributed by atoms with Crippen LogP contribution in [0.3, 0.4) is 0 Å². The second-order valence-electron chi connectivity index (χ2n) is 7.91. The highest BCUT2D eigenvalue weighted by molar-refractivity contribution is 7.89. The lowest BCUT2D eigenvalue weighted by molar-refractivity contribution is 0.0777. The van der Waals surface area contributed by atoms with Gasteiger partial charge in [-0.3, -0.25) is 4.79 Å². The minimum absolute atomic E-state index is 0.0300. The maximum absolute atomic E-state index is 14.1. The number of phenols is 2. The molecule has 2 aromatic carbocycles. The number of fused-ring (bicyclic) bond motifs is 1. The van der Waals surface area contributed by atoms with Crippen molar-refractivity contribution in [1.82, 2.24) is 13.5 Å². The first-order valence-corrected chi connectivity index (χ1v) is 12.6. The summed E-state index contributed by atoms with van der Waals surface area (Å²) < 4.78 is 66.0. The highest BCUT2D eigenvalue weighted by Crippen LogP contribution is 2.41. The predicted octanol–water partition coefficient (Wildman–Crippen LogP) is 0.936. The first kappa shape index (κ1) is 24.9. The molecule has 0 atom stereocenters. The van der Waals surface area contributed by atoms with Gasteiger partial charge in [0, 0.05) is 52.9 Å². The Kier molecular flexibility index (Phi) is 6.45. The van der Waals surface area contributed by atoms with E-state index >= 15 is 0 Å². The minimum atomic E-state index is -4.02. The van der Waals surface area contributed by atoms with E-state index in [4.69, 9.17) is 0 Å². The maximum atomic E-state index is 14.1. The van der Waals surface area contributed by atoms with E-state index in [0.29, 0.717) is 5.56 Å². The number of hydrogen-bond donors (Lipinski definition) is 2. The molecule has 1 heterocycles. The number of sulfonamides is 2. The Morgan fingerprint density at radius 1 is 0.970 bits per heavy atom. The van der Waals surface area contributed by atoms with Crippen molar-refractivity contribution < 1.29 is 36.2 Å². The lowest BCUT2D eigenvalue weighted by Crippen LogP contribution is -2.27. The van der Waals surface area contributed by atoms with Crippen molar-refractivity contribution in [2.45, 2.75) is 22.8 Å². The molecule has 0 unspecified atom stereocenters. The average molecular weight is 502 g/mol. The van der Waals surface area contributed by atoms with Crippen LogP contribution < -0.4 is 0 Å². The Bertz CT molecular complexity index is 1340. The molecule has 2 N–H and O–H groups in total. The van der Waals surface area contributed by atoms with E-state index < -0.39 is 48.2 Å². The zero-order chi connectivity index (χ0) is 24.9. The Balaban J connectivity index is 1.92. The zero-order valence-electron chi connectivity index (χ0n) is 18.4. The lowest BCUT2D eigenvalue weighted by atomic mass is 10.1. The van der Waals surface area contributed by atoms with Crippen LogP contribution in [0.15, 0.2) is 34.1 Å². The first-order valence-electron chi connectivity index (χ1n) is 9.70. The molecular weight excluding hydrogens is 477 g/mol. The smallest absolute Gasteiger partial charge is 0.258 e. The van der Waals surface area contributed by atoms with Gasteiger partial charge in [-0.2, -0.15) is 0 Å². The Hall–Kier alpha value is -2.74. The van der Waals surface area contributed by atoms with Gasteiger partial charge in [0.2, 0.25) is 20.0 Å². The average Bonchev–Trinajstić information content (AvgIpc) is 3.06. The molecule has 33 heavy (non-hydrogen) atoms. The zero-order valence-corrected chi connectivity index (χ0v) is 20.0. The normalized spacial score (nSPS) is 14.4. The highest BCUT2D eigenvalue weighted by atomic mass is 32.2. The summed E-state index contributed by atoms with van der Waals surface area (Å²) in [6.45, 7) is -0.114. The van der Waals surface area contributed by atoms with Gasteiger partial charge in [0.1, 0.15) is 10.7 Å². The monoisotopic (exact) mass is 501 g/mol. The quantitative estimate of drug-likeness (QED) is 0.539. The van der Waals surface area contributed by atoms with Crippen LogP contribution in [0.5, 0.6) is 11.5 Å². The van der Waals surface area contributed by atoms with Crippen molar-refractivity contribution >= 4 is 26.0 Å². The van der Waals surface area contributed by atoms with Crippen LogP contribution >= 0.6 is 0 Å². The third kappa shape index (κ3) is 4.28. The Morgan fingerprint density at radius 3 is 2.12 bits per heavy atom. The maximum Gasteiger partial charge on any atom is 0.258 e. The number of rotatable bonds is 7. The summed E-state index contributed by atoms with van der Waals surface area (Å²) >= 11 is 0. The molecule has 0 bridgehead atoms. The molecule has 2 aromatic rings. The molecule has 10 nitrogen and oxygen atoms in total. The van der Waals surface area contributed by atoms with Crippen molar-refractivity contribution in [3.8, 4) is 11.5 Å². The van der Waals surface area contributed by atoms with Crippen LogP contribution in [0.4, 0.5) is 4.39 Å². The van der Waals surface area contributed by atoms with Crippen LogP contribution in [0.2, 0.25) is 0 Å². The van der Waals surface area contributed by atoms with Gasteiger partial charge < -0.3 is 15.1 Å². The molecule has 0 saturated heterocycles. The fourth-order valence-electron chi connectivity index (χ4n) is 3.45. The van der Waals surface area contributed by atoms with Crippen molar-refractivity contribution in [2.75, 3.05) is 34.7 Å². The number of amides is 1. The number of carbonyl (C=O) groups excluding carboxylic acids is 1. The van der Waals surface area contributed by atoms with Crippen LogP contribution in [0.25, 0.3) is 0 Å². The van der Waals surface area contributed by atoms with Gasteiger partial charge in [-0.25, -0.2) is 29.8 Å². The third-order valence-corrected chi connectivity index (χ3v) is 9.09. The number of hydrogen-bond acceptors (Lipinski definition) is 7. The Labute approximate surface area is 191 Å². The predicted molar refractivity (Wildman–Crippen MR) is 116 cm³/mol. The molecule has 13 heteroatoms. The van der Waals surface area contributed by atoms with E-state index in [0.717, 1.165) is 20.7 Å². The van der Waals surface area contributed by atoms with Gasteiger partial charge in [-0.05, 0) is 24.1 Å². The van der Waals surface area contributed by atoms with E-state index in [9.17, 15) is 36.2 Å². The molecule has 0 saturated carbocycles. The summed E-state index contributed by atoms with van der Waals surface area (Å²) in [6.07, 6.45) is 0.137. The van der Waals surface area contributed by atoms with Gasteiger partial charge in [0.25, 0.3) is 5.91 Å². The van der Waals surface area contributed by atoms with Crippen molar-refractivity contribution in [1.29, 1.82) is 0 Å². The summed E-state index contributed by atoms with van der Waals surface area (Å²) in [7, 11) is -2.88. The highest BCUT2D eigenvalue weighted by Gasteiger charge is 2.37. The molecule has 0 radical (unpaired) electrons. The number of carbonyl (C=O) groups is 1. The second-order valence-corrected chi connectivity index (χ2v) is 12.2. The third-order valence-electron chi connectivity index (χ3n) is 5.38. The van der Waals surface area contributed by atoms with Gasteiger partial charge in [-0.15, -0.1) is 0 Å². The number of nitrogens with zero attached hydrogens (tertiary/aromatic N) is 3. The van der Waals surface area contributed by atoms with Crippen LogP contribution in [-0.4, -0.2) is 81.2 Å². The molecule has 180 valence electrons. The molecule has 0 aliphatic carbocycles. The van der Waals surface area contributed by atoms with Gasteiger partial charge >= 0.3 is 0 Å². The number of phenolic OH excluding ortho intramolecular Hbond substituents is 2.